The Kier molecular flexibility index (Phi) is 10.6. The zero-order valence-electron chi connectivity index (χ0n) is 19.0. The van der Waals surface area contributed by atoms with E-state index < -0.39 is 11.4 Å². The highest BCUT2D eigenvalue weighted by molar-refractivity contribution is 6.36. The van der Waals surface area contributed by atoms with E-state index in [-0.39, 0.29) is 5.39 Å². The summed E-state index contributed by atoms with van der Waals surface area (Å²) in [5.41, 5.74) is 6.26. The molecule has 0 spiro atoms. The lowest BCUT2D eigenvalue weighted by Gasteiger charge is -2.11. The summed E-state index contributed by atoms with van der Waals surface area (Å²) in [6.07, 6.45) is 4.06. The smallest absolute Gasteiger partial charge is 0.259 e. The summed E-state index contributed by atoms with van der Waals surface area (Å²) < 4.78 is 14.6. The summed E-state index contributed by atoms with van der Waals surface area (Å²) >= 11 is 12.2. The van der Waals surface area contributed by atoms with Gasteiger partial charge in [-0.25, -0.2) is 9.37 Å². The minimum atomic E-state index is -0.493. The highest BCUT2D eigenvalue weighted by atomic mass is 35.5. The van der Waals surface area contributed by atoms with Crippen molar-refractivity contribution in [3.63, 3.8) is 0 Å². The van der Waals surface area contributed by atoms with Crippen LogP contribution in [0.15, 0.2) is 35.1 Å². The number of fused-ring (bicyclic) bond motifs is 1. The SMILES string of the molecule is NCCCNCCCCNCCCNc1cc2nc(-c3ccc(Cl)cc3Cl)[nH]c(=O)c2cc1F. The average molecular weight is 509 g/mol. The molecular weight excluding hydrogens is 478 g/mol. The minimum Gasteiger partial charge on any atom is -0.383 e. The van der Waals surface area contributed by atoms with Gasteiger partial charge in [-0.3, -0.25) is 4.79 Å². The second kappa shape index (κ2) is 13.6. The van der Waals surface area contributed by atoms with Gasteiger partial charge in [-0.05, 0) is 88.7 Å². The number of nitrogens with zero attached hydrogens (tertiary/aromatic N) is 1. The van der Waals surface area contributed by atoms with Crippen LogP contribution < -0.4 is 27.2 Å². The molecule has 184 valence electrons. The van der Waals surface area contributed by atoms with Crippen LogP contribution in [0.2, 0.25) is 10.0 Å². The van der Waals surface area contributed by atoms with E-state index in [0.717, 1.165) is 58.4 Å². The Bertz CT molecular complexity index is 1140. The third kappa shape index (κ3) is 7.65. The quantitative estimate of drug-likeness (QED) is 0.209. The number of hydrogen-bond donors (Lipinski definition) is 5. The molecule has 6 N–H and O–H groups in total. The van der Waals surface area contributed by atoms with Gasteiger partial charge in [0.05, 0.1) is 21.6 Å². The van der Waals surface area contributed by atoms with Gasteiger partial charge < -0.3 is 26.7 Å². The zero-order chi connectivity index (χ0) is 24.3. The van der Waals surface area contributed by atoms with Crippen LogP contribution in [-0.4, -0.2) is 49.2 Å². The Morgan fingerprint density at radius 2 is 1.65 bits per heavy atom. The van der Waals surface area contributed by atoms with Crippen molar-refractivity contribution < 1.29 is 4.39 Å². The standard InChI is InChI=1S/C24H31Cl2FN6O/c25-16-5-6-17(19(26)13-16)23-32-21-15-22(20(27)14-18(21)24(34)33-23)31-12-4-11-30-9-2-1-8-29-10-3-7-28/h5-6,13-15,29-31H,1-4,7-12,28H2,(H,32,33,34). The minimum absolute atomic E-state index is 0.177. The Labute approximate surface area is 208 Å². The number of aromatic nitrogens is 2. The number of nitrogens with one attached hydrogen (secondary N) is 4. The fourth-order valence-electron chi connectivity index (χ4n) is 3.52. The average Bonchev–Trinajstić information content (AvgIpc) is 2.80. The lowest BCUT2D eigenvalue weighted by atomic mass is 10.1. The maximum Gasteiger partial charge on any atom is 0.259 e. The van der Waals surface area contributed by atoms with Crippen LogP contribution in [0.3, 0.4) is 0 Å². The molecule has 34 heavy (non-hydrogen) atoms. The van der Waals surface area contributed by atoms with Crippen LogP contribution >= 0.6 is 23.2 Å². The number of anilines is 1. The van der Waals surface area contributed by atoms with Gasteiger partial charge in [-0.2, -0.15) is 0 Å². The van der Waals surface area contributed by atoms with Crippen molar-refractivity contribution >= 4 is 39.8 Å². The molecule has 2 aromatic carbocycles. The Balaban J connectivity index is 1.52. The van der Waals surface area contributed by atoms with Crippen LogP contribution in [0.25, 0.3) is 22.3 Å². The molecule has 0 saturated carbocycles. The molecule has 10 heteroatoms. The monoisotopic (exact) mass is 508 g/mol. The molecule has 0 bridgehead atoms. The topological polar surface area (TPSA) is 108 Å². The van der Waals surface area contributed by atoms with Gasteiger partial charge in [-0.1, -0.05) is 23.2 Å². The molecule has 0 saturated heterocycles. The van der Waals surface area contributed by atoms with Crippen molar-refractivity contribution in [2.45, 2.75) is 25.7 Å². The third-order valence-corrected chi connectivity index (χ3v) is 5.89. The first kappa shape index (κ1) is 26.4. The van der Waals surface area contributed by atoms with Gasteiger partial charge in [0.15, 0.2) is 0 Å². The summed E-state index contributed by atoms with van der Waals surface area (Å²) in [7, 11) is 0. The number of H-pyrrole nitrogens is 1. The summed E-state index contributed by atoms with van der Waals surface area (Å²) in [6.45, 7) is 5.08. The summed E-state index contributed by atoms with van der Waals surface area (Å²) in [6, 6.07) is 7.69. The molecular formula is C24H31Cl2FN6O. The van der Waals surface area contributed by atoms with Crippen molar-refractivity contribution in [2.75, 3.05) is 44.6 Å². The molecule has 7 nitrogen and oxygen atoms in total. The number of nitrogens with two attached hydrogens (primary N) is 1. The molecule has 0 unspecified atom stereocenters. The highest BCUT2D eigenvalue weighted by Crippen LogP contribution is 2.29. The Hall–Kier alpha value is -2.23. The maximum absolute atomic E-state index is 14.6. The number of halogens is 3. The first-order valence-electron chi connectivity index (χ1n) is 11.5. The normalized spacial score (nSPS) is 11.3. The van der Waals surface area contributed by atoms with Crippen molar-refractivity contribution in [1.29, 1.82) is 0 Å². The van der Waals surface area contributed by atoms with E-state index in [2.05, 4.69) is 25.9 Å². The number of unbranched alkanes of at least 4 members (excludes halogenated alkanes) is 1. The first-order chi connectivity index (χ1) is 16.5. The molecule has 1 aromatic heterocycles. The van der Waals surface area contributed by atoms with Crippen LogP contribution in [0, 0.1) is 5.82 Å². The molecule has 0 radical (unpaired) electrons. The summed E-state index contributed by atoms with van der Waals surface area (Å²) in [4.78, 5) is 19.7. The predicted molar refractivity (Wildman–Crippen MR) is 140 cm³/mol. The van der Waals surface area contributed by atoms with Crippen LogP contribution in [0.5, 0.6) is 0 Å². The Morgan fingerprint density at radius 3 is 2.35 bits per heavy atom. The van der Waals surface area contributed by atoms with Crippen molar-refractivity contribution in [1.82, 2.24) is 20.6 Å². The van der Waals surface area contributed by atoms with Crippen LogP contribution in [-0.2, 0) is 0 Å². The molecule has 0 atom stereocenters. The lowest BCUT2D eigenvalue weighted by molar-refractivity contribution is 0.571. The molecule has 3 rings (SSSR count). The van der Waals surface area contributed by atoms with Crippen molar-refractivity contribution in [3.8, 4) is 11.4 Å². The van der Waals surface area contributed by atoms with Gasteiger partial charge >= 0.3 is 0 Å². The van der Waals surface area contributed by atoms with E-state index in [0.29, 0.717) is 39.2 Å². The third-order valence-electron chi connectivity index (χ3n) is 5.34. The van der Waals surface area contributed by atoms with Gasteiger partial charge in [-0.15, -0.1) is 0 Å². The van der Waals surface area contributed by atoms with Crippen molar-refractivity contribution in [2.24, 2.45) is 5.73 Å². The zero-order valence-corrected chi connectivity index (χ0v) is 20.5. The molecule has 0 aliphatic carbocycles. The lowest BCUT2D eigenvalue weighted by Crippen LogP contribution is -2.22. The molecule has 1 heterocycles. The van der Waals surface area contributed by atoms with Gasteiger partial charge in [0.2, 0.25) is 0 Å². The van der Waals surface area contributed by atoms with Gasteiger partial charge in [0.1, 0.15) is 11.6 Å². The molecule has 0 aliphatic rings. The first-order valence-corrected chi connectivity index (χ1v) is 12.3. The van der Waals surface area contributed by atoms with E-state index >= 15 is 0 Å². The maximum atomic E-state index is 14.6. The second-order valence-corrected chi connectivity index (χ2v) is 8.86. The molecule has 3 aromatic rings. The van der Waals surface area contributed by atoms with E-state index in [1.165, 1.54) is 6.07 Å². The largest absolute Gasteiger partial charge is 0.383 e. The molecule has 0 aliphatic heterocycles. The fourth-order valence-corrected chi connectivity index (χ4v) is 4.02. The van der Waals surface area contributed by atoms with E-state index in [9.17, 15) is 9.18 Å². The molecule has 0 amide bonds. The number of benzene rings is 2. The summed E-state index contributed by atoms with van der Waals surface area (Å²) in [5.74, 6) is -0.192. The fraction of sp³-hybridized carbons (Fsp3) is 0.417. The summed E-state index contributed by atoms with van der Waals surface area (Å²) in [5, 5.41) is 10.9. The van der Waals surface area contributed by atoms with Gasteiger partial charge in [0.25, 0.3) is 5.56 Å². The highest BCUT2D eigenvalue weighted by Gasteiger charge is 2.13. The van der Waals surface area contributed by atoms with Crippen LogP contribution in [0.1, 0.15) is 25.7 Å². The van der Waals surface area contributed by atoms with E-state index in [4.69, 9.17) is 28.9 Å². The second-order valence-electron chi connectivity index (χ2n) is 8.02. The number of rotatable bonds is 14. The van der Waals surface area contributed by atoms with E-state index in [1.54, 1.807) is 24.3 Å². The van der Waals surface area contributed by atoms with Crippen LogP contribution in [0.4, 0.5) is 10.1 Å². The number of hydrogen-bond acceptors (Lipinski definition) is 6. The van der Waals surface area contributed by atoms with Crippen molar-refractivity contribution in [3.05, 3.63) is 56.5 Å². The van der Waals surface area contributed by atoms with Gasteiger partial charge in [0, 0.05) is 17.1 Å². The number of aromatic amines is 1. The van der Waals surface area contributed by atoms with E-state index in [1.807, 2.05) is 0 Å². The molecule has 0 fully saturated rings. The Morgan fingerprint density at radius 1 is 0.941 bits per heavy atom. The predicted octanol–water partition coefficient (Wildman–Crippen LogP) is 4.15.